The summed E-state index contributed by atoms with van der Waals surface area (Å²) in [5.41, 5.74) is 0. The zero-order chi connectivity index (χ0) is 11.4. The minimum Gasteiger partial charge on any atom is -0.350 e. The number of hydrogen-bond donors (Lipinski definition) is 2. The highest BCUT2D eigenvalue weighted by molar-refractivity contribution is 7.27. The van der Waals surface area contributed by atoms with Crippen molar-refractivity contribution in [2.45, 2.75) is 6.92 Å². The monoisotopic (exact) mass is 254 g/mol. The van der Waals surface area contributed by atoms with Gasteiger partial charge in [-0.15, -0.1) is 22.7 Å². The van der Waals surface area contributed by atoms with E-state index in [0.717, 1.165) is 18.0 Å². The van der Waals surface area contributed by atoms with Crippen LogP contribution in [0.1, 0.15) is 16.6 Å². The summed E-state index contributed by atoms with van der Waals surface area (Å²) < 4.78 is 2.39. The molecule has 0 aliphatic carbocycles. The molecule has 0 atom stereocenters. The van der Waals surface area contributed by atoms with Crippen molar-refractivity contribution in [1.29, 1.82) is 0 Å². The predicted octanol–water partition coefficient (Wildman–Crippen LogP) is 2.30. The van der Waals surface area contributed by atoms with Crippen molar-refractivity contribution in [2.75, 3.05) is 19.6 Å². The number of nitrogens with one attached hydrogen (secondary N) is 2. The standard InChI is InChI=1S/C11H14N2OS2/c1-2-12-4-5-13-11(14)10-7-9-8(16-10)3-6-15-9/h3,6-7,12H,2,4-5H2,1H3,(H,13,14). The smallest absolute Gasteiger partial charge is 0.261 e. The van der Waals surface area contributed by atoms with Crippen molar-refractivity contribution in [2.24, 2.45) is 0 Å². The predicted molar refractivity (Wildman–Crippen MR) is 70.6 cm³/mol. The van der Waals surface area contributed by atoms with Gasteiger partial charge in [0.2, 0.25) is 0 Å². The summed E-state index contributed by atoms with van der Waals surface area (Å²) in [5, 5.41) is 8.12. The van der Waals surface area contributed by atoms with E-state index in [-0.39, 0.29) is 5.91 Å². The topological polar surface area (TPSA) is 41.1 Å². The summed E-state index contributed by atoms with van der Waals surface area (Å²) in [7, 11) is 0. The van der Waals surface area contributed by atoms with Gasteiger partial charge >= 0.3 is 0 Å². The van der Waals surface area contributed by atoms with E-state index < -0.39 is 0 Å². The van der Waals surface area contributed by atoms with E-state index in [9.17, 15) is 4.79 Å². The average Bonchev–Trinajstić information content (AvgIpc) is 2.83. The molecule has 86 valence electrons. The number of rotatable bonds is 5. The molecule has 2 aromatic heterocycles. The normalized spacial score (nSPS) is 10.8. The van der Waals surface area contributed by atoms with Crippen LogP contribution in [0.25, 0.3) is 9.40 Å². The van der Waals surface area contributed by atoms with E-state index in [1.54, 1.807) is 22.7 Å². The summed E-state index contributed by atoms with van der Waals surface area (Å²) >= 11 is 3.23. The van der Waals surface area contributed by atoms with Gasteiger partial charge in [-0.05, 0) is 24.1 Å². The van der Waals surface area contributed by atoms with Crippen molar-refractivity contribution in [3.8, 4) is 0 Å². The highest BCUT2D eigenvalue weighted by atomic mass is 32.1. The molecule has 3 nitrogen and oxygen atoms in total. The second-order valence-electron chi connectivity index (χ2n) is 3.37. The molecule has 2 aromatic rings. The third kappa shape index (κ3) is 2.61. The first-order chi connectivity index (χ1) is 7.81. The van der Waals surface area contributed by atoms with Gasteiger partial charge in [0.1, 0.15) is 0 Å². The Morgan fingerprint density at radius 2 is 2.25 bits per heavy atom. The van der Waals surface area contributed by atoms with Gasteiger partial charge in [-0.1, -0.05) is 6.92 Å². The molecule has 2 heterocycles. The van der Waals surface area contributed by atoms with Gasteiger partial charge in [0.15, 0.2) is 0 Å². The van der Waals surface area contributed by atoms with Crippen molar-refractivity contribution < 1.29 is 4.79 Å². The second-order valence-corrected chi connectivity index (χ2v) is 5.40. The van der Waals surface area contributed by atoms with Crippen LogP contribution in [0.2, 0.25) is 0 Å². The lowest BCUT2D eigenvalue weighted by Gasteiger charge is -2.03. The molecular weight excluding hydrogens is 240 g/mol. The molecule has 0 unspecified atom stereocenters. The maximum atomic E-state index is 11.8. The van der Waals surface area contributed by atoms with Gasteiger partial charge in [0.05, 0.1) is 4.88 Å². The summed E-state index contributed by atoms with van der Waals surface area (Å²) in [6, 6.07) is 4.02. The SMILES string of the molecule is CCNCCNC(=O)c1cc2sccc2s1. The third-order valence-electron chi connectivity index (χ3n) is 2.20. The van der Waals surface area contributed by atoms with Gasteiger partial charge in [-0.25, -0.2) is 0 Å². The molecule has 0 aliphatic rings. The number of fused-ring (bicyclic) bond motifs is 1. The van der Waals surface area contributed by atoms with Crippen LogP contribution in [0.15, 0.2) is 17.5 Å². The first-order valence-electron chi connectivity index (χ1n) is 5.27. The van der Waals surface area contributed by atoms with Gasteiger partial charge in [-0.2, -0.15) is 0 Å². The summed E-state index contributed by atoms with van der Waals surface area (Å²) in [6.45, 7) is 4.49. The summed E-state index contributed by atoms with van der Waals surface area (Å²) in [4.78, 5) is 12.6. The molecular formula is C11H14N2OS2. The Labute approximate surface area is 102 Å². The lowest BCUT2D eigenvalue weighted by Crippen LogP contribution is -2.31. The van der Waals surface area contributed by atoms with Crippen LogP contribution in [0.3, 0.4) is 0 Å². The van der Waals surface area contributed by atoms with E-state index in [1.807, 2.05) is 11.4 Å². The Balaban J connectivity index is 1.92. The fourth-order valence-corrected chi connectivity index (χ4v) is 3.43. The number of thiophene rings is 2. The van der Waals surface area contributed by atoms with Crippen molar-refractivity contribution in [3.05, 3.63) is 22.4 Å². The zero-order valence-electron chi connectivity index (χ0n) is 9.08. The third-order valence-corrected chi connectivity index (χ3v) is 4.29. The fraction of sp³-hybridized carbons (Fsp3) is 0.364. The van der Waals surface area contributed by atoms with E-state index in [0.29, 0.717) is 6.54 Å². The second kappa shape index (κ2) is 5.43. The van der Waals surface area contributed by atoms with E-state index in [1.165, 1.54) is 9.40 Å². The van der Waals surface area contributed by atoms with Crippen LogP contribution < -0.4 is 10.6 Å². The quantitative estimate of drug-likeness (QED) is 0.804. The minimum absolute atomic E-state index is 0.0336. The number of carbonyl (C=O) groups excluding carboxylic acids is 1. The van der Waals surface area contributed by atoms with Crippen molar-refractivity contribution in [3.63, 3.8) is 0 Å². The van der Waals surface area contributed by atoms with E-state index in [4.69, 9.17) is 0 Å². The van der Waals surface area contributed by atoms with Crippen molar-refractivity contribution in [1.82, 2.24) is 10.6 Å². The first kappa shape index (κ1) is 11.6. The Kier molecular flexibility index (Phi) is 3.93. The number of likely N-dealkylation sites (N-methyl/N-ethyl adjacent to an activating group) is 1. The molecule has 0 saturated carbocycles. The van der Waals surface area contributed by atoms with Crippen LogP contribution in [0, 0.1) is 0 Å². The molecule has 2 rings (SSSR count). The lowest BCUT2D eigenvalue weighted by atomic mass is 10.4. The first-order valence-corrected chi connectivity index (χ1v) is 6.97. The molecule has 0 fully saturated rings. The molecule has 0 aromatic carbocycles. The molecule has 0 spiro atoms. The average molecular weight is 254 g/mol. The Hall–Kier alpha value is -0.910. The van der Waals surface area contributed by atoms with Gasteiger partial charge in [-0.3, -0.25) is 4.79 Å². The minimum atomic E-state index is 0.0336. The highest BCUT2D eigenvalue weighted by Crippen LogP contribution is 2.29. The van der Waals surface area contributed by atoms with Crippen LogP contribution in [0.4, 0.5) is 0 Å². The molecule has 5 heteroatoms. The molecule has 0 bridgehead atoms. The van der Waals surface area contributed by atoms with Crippen molar-refractivity contribution >= 4 is 38.0 Å². The largest absolute Gasteiger partial charge is 0.350 e. The Bertz CT molecular complexity index is 446. The van der Waals surface area contributed by atoms with E-state index in [2.05, 4.69) is 23.6 Å². The molecule has 0 aliphatic heterocycles. The zero-order valence-corrected chi connectivity index (χ0v) is 10.7. The summed E-state index contributed by atoms with van der Waals surface area (Å²) in [5.74, 6) is 0.0336. The maximum absolute atomic E-state index is 11.8. The van der Waals surface area contributed by atoms with Gasteiger partial charge < -0.3 is 10.6 Å². The van der Waals surface area contributed by atoms with Crippen LogP contribution in [-0.4, -0.2) is 25.5 Å². The highest BCUT2D eigenvalue weighted by Gasteiger charge is 2.09. The Morgan fingerprint density at radius 3 is 3.00 bits per heavy atom. The number of hydrogen-bond acceptors (Lipinski definition) is 4. The molecule has 0 saturated heterocycles. The van der Waals surface area contributed by atoms with Crippen LogP contribution >= 0.6 is 22.7 Å². The molecule has 0 radical (unpaired) electrons. The molecule has 16 heavy (non-hydrogen) atoms. The molecule has 2 N–H and O–H groups in total. The molecule has 1 amide bonds. The number of carbonyl (C=O) groups is 1. The lowest BCUT2D eigenvalue weighted by molar-refractivity contribution is 0.0958. The van der Waals surface area contributed by atoms with Gasteiger partial charge in [0, 0.05) is 22.5 Å². The summed E-state index contributed by atoms with van der Waals surface area (Å²) in [6.07, 6.45) is 0. The number of amides is 1. The van der Waals surface area contributed by atoms with Crippen LogP contribution in [-0.2, 0) is 0 Å². The Morgan fingerprint density at radius 1 is 1.38 bits per heavy atom. The van der Waals surface area contributed by atoms with Gasteiger partial charge in [0.25, 0.3) is 5.91 Å². The fourth-order valence-electron chi connectivity index (χ4n) is 1.41. The van der Waals surface area contributed by atoms with E-state index >= 15 is 0 Å². The maximum Gasteiger partial charge on any atom is 0.261 e. The van der Waals surface area contributed by atoms with Crippen LogP contribution in [0.5, 0.6) is 0 Å².